The van der Waals surface area contributed by atoms with Gasteiger partial charge < -0.3 is 17.0 Å². The van der Waals surface area contributed by atoms with Crippen molar-refractivity contribution in [2.24, 2.45) is 0 Å². The first-order chi connectivity index (χ1) is 9.22. The summed E-state index contributed by atoms with van der Waals surface area (Å²) in [5.41, 5.74) is 0.683. The first-order valence-corrected chi connectivity index (χ1v) is 7.13. The molecule has 0 spiro atoms. The molecule has 0 bridgehead atoms. The van der Waals surface area contributed by atoms with Crippen molar-refractivity contribution in [1.29, 1.82) is 0 Å². The van der Waals surface area contributed by atoms with E-state index in [1.54, 1.807) is 35.6 Å². The number of carbonyl (C=O) groups excluding carboxylic acids is 1. The van der Waals surface area contributed by atoms with Crippen LogP contribution in [-0.2, 0) is 6.54 Å². The maximum atomic E-state index is 12.1. The molecule has 102 valence electrons. The minimum Gasteiger partial charge on any atom is -1.00 e. The van der Waals surface area contributed by atoms with Gasteiger partial charge in [-0.1, -0.05) is 11.6 Å². The number of aromatic nitrogens is 1. The summed E-state index contributed by atoms with van der Waals surface area (Å²) in [5, 5.41) is 3.90. The zero-order chi connectivity index (χ0) is 13.2. The van der Waals surface area contributed by atoms with Crippen molar-refractivity contribution >= 4 is 38.8 Å². The molecule has 0 N–H and O–H groups in total. The van der Waals surface area contributed by atoms with Crippen molar-refractivity contribution in [3.05, 3.63) is 64.8 Å². The monoisotopic (exact) mass is 367 g/mol. The minimum atomic E-state index is 0. The molecule has 0 unspecified atom stereocenters. The number of carbonyl (C=O) groups is 1. The Morgan fingerprint density at radius 1 is 1.15 bits per heavy atom. The number of rotatable bonds is 3. The fourth-order valence-corrected chi connectivity index (χ4v) is 2.89. The summed E-state index contributed by atoms with van der Waals surface area (Å²) in [6.45, 7) is 0.343. The van der Waals surface area contributed by atoms with Crippen LogP contribution in [0.1, 0.15) is 10.4 Å². The molecule has 0 amide bonds. The van der Waals surface area contributed by atoms with Gasteiger partial charge in [0.2, 0.25) is 12.3 Å². The highest BCUT2D eigenvalue weighted by Crippen LogP contribution is 2.17. The molecule has 0 radical (unpaired) electrons. The van der Waals surface area contributed by atoms with Crippen LogP contribution in [-0.4, -0.2) is 5.78 Å². The highest BCUT2D eigenvalue weighted by molar-refractivity contribution is 7.17. The van der Waals surface area contributed by atoms with Crippen molar-refractivity contribution in [2.45, 2.75) is 6.54 Å². The van der Waals surface area contributed by atoms with E-state index >= 15 is 0 Å². The van der Waals surface area contributed by atoms with Crippen molar-refractivity contribution < 1.29 is 26.3 Å². The van der Waals surface area contributed by atoms with Crippen molar-refractivity contribution in [3.63, 3.8) is 0 Å². The van der Waals surface area contributed by atoms with Crippen LogP contribution < -0.4 is 21.5 Å². The average molecular weight is 369 g/mol. The van der Waals surface area contributed by atoms with Gasteiger partial charge in [-0.2, -0.15) is 4.57 Å². The lowest BCUT2D eigenvalue weighted by Gasteiger charge is -1.98. The van der Waals surface area contributed by atoms with Crippen LogP contribution in [0.15, 0.2) is 54.2 Å². The van der Waals surface area contributed by atoms with Crippen LogP contribution in [0.25, 0.3) is 10.1 Å². The van der Waals surface area contributed by atoms with Gasteiger partial charge >= 0.3 is 0 Å². The average Bonchev–Trinajstić information content (AvgIpc) is 2.87. The smallest absolute Gasteiger partial charge is 0.227 e. The molecule has 0 aliphatic carbocycles. The minimum absolute atomic E-state index is 0. The third-order valence-corrected chi connectivity index (χ3v) is 4.07. The van der Waals surface area contributed by atoms with E-state index < -0.39 is 0 Å². The second kappa shape index (κ2) is 6.48. The number of pyridine rings is 1. The summed E-state index contributed by atoms with van der Waals surface area (Å²) < 4.78 is 3.10. The Balaban J connectivity index is 0.00000147. The zero-order valence-corrected chi connectivity index (χ0v) is 13.6. The highest BCUT2D eigenvalue weighted by Gasteiger charge is 2.12. The molecule has 0 saturated carbocycles. The Hall–Kier alpha value is -1.23. The number of hydrogen-bond donors (Lipinski definition) is 0. The Labute approximate surface area is 136 Å². The first-order valence-electron chi connectivity index (χ1n) is 5.87. The van der Waals surface area contributed by atoms with Crippen LogP contribution in [0, 0.1) is 0 Å². The molecule has 0 aliphatic heterocycles. The van der Waals surface area contributed by atoms with Gasteiger partial charge in [0, 0.05) is 22.0 Å². The van der Waals surface area contributed by atoms with E-state index in [1.165, 1.54) is 10.1 Å². The van der Waals surface area contributed by atoms with Gasteiger partial charge in [-0.05, 0) is 35.7 Å². The Morgan fingerprint density at radius 3 is 2.65 bits per heavy atom. The highest BCUT2D eigenvalue weighted by atomic mass is 79.9. The maximum absolute atomic E-state index is 12.1. The molecule has 3 rings (SSSR count). The summed E-state index contributed by atoms with van der Waals surface area (Å²) >= 11 is 7.49. The predicted molar refractivity (Wildman–Crippen MR) is 77.8 cm³/mol. The van der Waals surface area contributed by atoms with Crippen molar-refractivity contribution in [2.75, 3.05) is 0 Å². The van der Waals surface area contributed by atoms with Crippen molar-refractivity contribution in [3.8, 4) is 0 Å². The molecule has 0 atom stereocenters. The van der Waals surface area contributed by atoms with Gasteiger partial charge in [0.15, 0.2) is 12.4 Å². The number of hydrogen-bond acceptors (Lipinski definition) is 2. The van der Waals surface area contributed by atoms with E-state index in [0.29, 0.717) is 17.1 Å². The van der Waals surface area contributed by atoms with E-state index in [4.69, 9.17) is 11.6 Å². The summed E-state index contributed by atoms with van der Waals surface area (Å²) in [4.78, 5) is 12.1. The molecular weight excluding hydrogens is 358 g/mol. The predicted octanol–water partition coefficient (Wildman–Crippen LogP) is 0.729. The topological polar surface area (TPSA) is 20.9 Å². The fraction of sp³-hybridized carbons (Fsp3) is 0.0667. The van der Waals surface area contributed by atoms with Crippen LogP contribution in [0.5, 0.6) is 0 Å². The molecular formula is C15H11BrClNOS. The van der Waals surface area contributed by atoms with Crippen LogP contribution >= 0.6 is 22.9 Å². The Bertz CT molecular complexity index is 739. The maximum Gasteiger partial charge on any atom is 0.227 e. The number of nitrogens with zero attached hydrogens (tertiary/aromatic N) is 1. The number of Topliss-reactive ketones (excluding diaryl/α,β-unsaturated/α-hetero) is 1. The van der Waals surface area contributed by atoms with Gasteiger partial charge in [-0.25, -0.2) is 0 Å². The summed E-state index contributed by atoms with van der Waals surface area (Å²) in [7, 11) is 0. The molecule has 1 aromatic carbocycles. The zero-order valence-electron chi connectivity index (χ0n) is 10.4. The molecule has 3 aromatic rings. The lowest BCUT2D eigenvalue weighted by atomic mass is 10.1. The Morgan fingerprint density at radius 2 is 1.90 bits per heavy atom. The number of ketones is 1. The number of thiophene rings is 1. The van der Waals surface area contributed by atoms with Crippen LogP contribution in [0.4, 0.5) is 0 Å². The van der Waals surface area contributed by atoms with Crippen LogP contribution in [0.2, 0.25) is 5.02 Å². The molecule has 0 saturated heterocycles. The second-order valence-electron chi connectivity index (χ2n) is 4.29. The normalized spacial score (nSPS) is 10.2. The van der Waals surface area contributed by atoms with Crippen molar-refractivity contribution in [1.82, 2.24) is 0 Å². The van der Waals surface area contributed by atoms with E-state index in [1.807, 2.05) is 23.0 Å². The molecule has 0 aliphatic rings. The largest absolute Gasteiger partial charge is 1.00 e. The summed E-state index contributed by atoms with van der Waals surface area (Å²) in [6.07, 6.45) is 3.94. The molecule has 0 fully saturated rings. The Kier molecular flexibility index (Phi) is 4.91. The molecule has 2 heterocycles. The van der Waals surface area contributed by atoms with Gasteiger partial charge in [-0.15, -0.1) is 11.3 Å². The SMILES string of the molecule is O=C(C[n+]1ccc2ccsc2c1)c1ccc(Cl)cc1.[Br-]. The quantitative estimate of drug-likeness (QED) is 0.493. The van der Waals surface area contributed by atoms with Gasteiger partial charge in [0.1, 0.15) is 0 Å². The number of fused-ring (bicyclic) bond motifs is 1. The fourth-order valence-electron chi connectivity index (χ4n) is 1.93. The van der Waals surface area contributed by atoms with Gasteiger partial charge in [-0.3, -0.25) is 4.79 Å². The van der Waals surface area contributed by atoms with E-state index in [0.717, 1.165) is 0 Å². The summed E-state index contributed by atoms with van der Waals surface area (Å²) in [6, 6.07) is 11.1. The summed E-state index contributed by atoms with van der Waals surface area (Å²) in [5.74, 6) is 0.0811. The van der Waals surface area contributed by atoms with E-state index in [9.17, 15) is 4.79 Å². The molecule has 5 heteroatoms. The lowest BCUT2D eigenvalue weighted by Crippen LogP contribution is -3.00. The van der Waals surface area contributed by atoms with E-state index in [2.05, 4.69) is 11.4 Å². The lowest BCUT2D eigenvalue weighted by molar-refractivity contribution is -0.681. The molecule has 2 aromatic heterocycles. The van der Waals surface area contributed by atoms with Gasteiger partial charge in [0.05, 0.1) is 4.70 Å². The molecule has 20 heavy (non-hydrogen) atoms. The molecule has 2 nitrogen and oxygen atoms in total. The van der Waals surface area contributed by atoms with E-state index in [-0.39, 0.29) is 22.8 Å². The standard InChI is InChI=1S/C15H11ClNOS.BrH/c16-13-3-1-11(2-4-13)14(18)9-17-7-5-12-6-8-19-15(12)10-17;/h1-8,10H,9H2;1H/q+1;/p-1. The third-order valence-electron chi connectivity index (χ3n) is 2.95. The third kappa shape index (κ3) is 3.26. The number of benzene rings is 1. The van der Waals surface area contributed by atoms with Gasteiger partial charge in [0.25, 0.3) is 0 Å². The number of halogens is 2. The second-order valence-corrected chi connectivity index (χ2v) is 5.67. The first kappa shape index (κ1) is 15.2. The van der Waals surface area contributed by atoms with Crippen LogP contribution in [0.3, 0.4) is 0 Å².